The van der Waals surface area contributed by atoms with Crippen molar-refractivity contribution in [2.45, 2.75) is 57.5 Å². The van der Waals surface area contributed by atoms with Crippen molar-refractivity contribution in [1.29, 1.82) is 0 Å². The molecule has 2 aromatic carbocycles. The molecule has 1 heterocycles. The first-order valence-corrected chi connectivity index (χ1v) is 17.1. The molecule has 0 saturated heterocycles. The molecule has 0 radical (unpaired) electrons. The molecule has 0 saturated carbocycles. The summed E-state index contributed by atoms with van der Waals surface area (Å²) in [5.74, 6) is -0.407. The van der Waals surface area contributed by atoms with E-state index >= 15 is 4.21 Å². The summed E-state index contributed by atoms with van der Waals surface area (Å²) in [4.78, 5) is 13.4. The number of nitrogens with zero attached hydrogens (tertiary/aromatic N) is 2. The Morgan fingerprint density at radius 3 is 2.00 bits per heavy atom. The van der Waals surface area contributed by atoms with Crippen LogP contribution in [0.25, 0.3) is 6.08 Å². The molecule has 3 rings (SSSR count). The summed E-state index contributed by atoms with van der Waals surface area (Å²) in [6.07, 6.45) is 5.07. The van der Waals surface area contributed by atoms with E-state index in [1.54, 1.807) is 36.9 Å². The zero-order chi connectivity index (χ0) is 29.7. The highest BCUT2D eigenvalue weighted by atomic mass is 32.2. The number of hydrogen-bond donors (Lipinski definition) is 1. The van der Waals surface area contributed by atoms with E-state index in [-0.39, 0.29) is 23.6 Å². The number of aryl methyl sites for hydroxylation is 1. The number of rotatable bonds is 11. The van der Waals surface area contributed by atoms with Crippen LogP contribution in [0.3, 0.4) is 0 Å². The van der Waals surface area contributed by atoms with Crippen molar-refractivity contribution >= 4 is 40.6 Å². The van der Waals surface area contributed by atoms with Crippen LogP contribution in [-0.4, -0.2) is 35.6 Å². The number of hydrogen-bond acceptors (Lipinski definition) is 4. The highest BCUT2D eigenvalue weighted by Gasteiger charge is 2.50. The van der Waals surface area contributed by atoms with Gasteiger partial charge < -0.3 is 9.30 Å². The van der Waals surface area contributed by atoms with Gasteiger partial charge in [0.2, 0.25) is 0 Å². The van der Waals surface area contributed by atoms with Crippen LogP contribution < -0.4 is 15.1 Å². The summed E-state index contributed by atoms with van der Waals surface area (Å²) in [5, 5.41) is 1.71. The van der Waals surface area contributed by atoms with E-state index in [0.29, 0.717) is 16.2 Å². The van der Waals surface area contributed by atoms with Gasteiger partial charge in [-0.15, -0.1) is 6.58 Å². The normalized spacial score (nSPS) is 14.3. The molecule has 0 amide bonds. The predicted molar refractivity (Wildman–Crippen MR) is 170 cm³/mol. The molecule has 0 bridgehead atoms. The van der Waals surface area contributed by atoms with Gasteiger partial charge in [0.15, 0.2) is 0 Å². The number of ether oxygens (including phenoxy) is 1. The van der Waals surface area contributed by atoms with Gasteiger partial charge >= 0.3 is 5.97 Å². The standard InChI is InChI=1S/C32H43N3O3SSi/c1-10-27-29(23-35(9)30(27)31(36)38-12-3)39(37,33-28(11-2)24(4)5)34-40(32(6,7)8,25-19-15-13-16-20-25)26-21-17-14-18-22-26/h10-11,13-24,28H,1-2,12H2,3-9H3,(H,33,34,37)/t28-,39?/m0/s1. The number of benzene rings is 2. The molecule has 2 atom stereocenters. The Hall–Kier alpha value is -3.20. The second kappa shape index (κ2) is 12.5. The van der Waals surface area contributed by atoms with Crippen molar-refractivity contribution < 1.29 is 13.7 Å². The van der Waals surface area contributed by atoms with E-state index in [1.165, 1.54) is 0 Å². The minimum Gasteiger partial charge on any atom is -0.461 e. The lowest BCUT2D eigenvalue weighted by Gasteiger charge is -2.41. The Bertz CT molecular complexity index is 1420. The Labute approximate surface area is 241 Å². The van der Waals surface area contributed by atoms with Gasteiger partial charge in [0.1, 0.15) is 15.6 Å². The fourth-order valence-corrected chi connectivity index (χ4v) is 14.2. The fourth-order valence-electron chi connectivity index (χ4n) is 5.09. The van der Waals surface area contributed by atoms with Crippen molar-refractivity contribution in [3.8, 4) is 0 Å². The lowest BCUT2D eigenvalue weighted by molar-refractivity contribution is 0.0515. The molecule has 40 heavy (non-hydrogen) atoms. The minimum atomic E-state index is -3.39. The molecule has 1 N–H and O–H groups in total. The third-order valence-electron chi connectivity index (χ3n) is 7.16. The van der Waals surface area contributed by atoms with Gasteiger partial charge in [0.05, 0.1) is 11.5 Å². The van der Waals surface area contributed by atoms with Crippen LogP contribution in [0, 0.1) is 5.92 Å². The number of esters is 1. The quantitative estimate of drug-likeness (QED) is 0.174. The third-order valence-corrected chi connectivity index (χ3v) is 15.3. The number of nitrogens with one attached hydrogen (secondary N) is 1. The molecule has 0 aliphatic rings. The summed E-state index contributed by atoms with van der Waals surface area (Å²) >= 11 is 0. The molecule has 3 aromatic rings. The number of carbonyl (C=O) groups is 1. The van der Waals surface area contributed by atoms with E-state index in [1.807, 2.05) is 50.2 Å². The molecule has 0 fully saturated rings. The average Bonchev–Trinajstić information content (AvgIpc) is 3.27. The lowest BCUT2D eigenvalue weighted by Crippen LogP contribution is -2.64. The molecule has 1 unspecified atom stereocenters. The van der Waals surface area contributed by atoms with Crippen LogP contribution in [0.1, 0.15) is 57.6 Å². The van der Waals surface area contributed by atoms with Crippen LogP contribution in [0.4, 0.5) is 0 Å². The zero-order valence-electron chi connectivity index (χ0n) is 24.8. The highest BCUT2D eigenvalue weighted by Crippen LogP contribution is 2.39. The zero-order valence-corrected chi connectivity index (χ0v) is 26.6. The SMILES string of the molecule is C=Cc1c(S(=O)(=N[Si](c2ccccc2)(c2ccccc2)C(C)(C)C)N[C@@H](C=C)C(C)C)cn(C)c1C(=O)OCC. The number of aromatic nitrogens is 1. The smallest absolute Gasteiger partial charge is 0.355 e. The number of carbonyl (C=O) groups excluding carboxylic acids is 1. The van der Waals surface area contributed by atoms with Crippen LogP contribution >= 0.6 is 0 Å². The molecular formula is C32H43N3O3SSi. The molecule has 0 spiro atoms. The van der Waals surface area contributed by atoms with Crippen molar-refractivity contribution in [1.82, 2.24) is 9.29 Å². The molecule has 8 heteroatoms. The topological polar surface area (TPSA) is 72.7 Å². The van der Waals surface area contributed by atoms with Crippen LogP contribution in [-0.2, 0) is 21.7 Å². The van der Waals surface area contributed by atoms with E-state index in [0.717, 1.165) is 10.4 Å². The van der Waals surface area contributed by atoms with Crippen LogP contribution in [0.5, 0.6) is 0 Å². The largest absolute Gasteiger partial charge is 0.461 e. The van der Waals surface area contributed by atoms with Crippen molar-refractivity contribution in [2.75, 3.05) is 6.61 Å². The van der Waals surface area contributed by atoms with Gasteiger partial charge in [0.25, 0.3) is 8.24 Å². The Kier molecular flexibility index (Phi) is 9.82. The van der Waals surface area contributed by atoms with Crippen molar-refractivity contribution in [3.63, 3.8) is 0 Å². The fraction of sp³-hybridized carbons (Fsp3) is 0.344. The predicted octanol–water partition coefficient (Wildman–Crippen LogP) is 5.95. The first-order valence-electron chi connectivity index (χ1n) is 13.6. The Morgan fingerprint density at radius 1 is 1.07 bits per heavy atom. The summed E-state index contributed by atoms with van der Waals surface area (Å²) in [6, 6.07) is 20.0. The molecule has 0 aliphatic carbocycles. The van der Waals surface area contributed by atoms with Crippen LogP contribution in [0.2, 0.25) is 5.04 Å². The lowest BCUT2D eigenvalue weighted by atomic mass is 10.1. The van der Waals surface area contributed by atoms with E-state index in [2.05, 4.69) is 62.9 Å². The molecule has 0 aliphatic heterocycles. The minimum absolute atomic E-state index is 0.0908. The van der Waals surface area contributed by atoms with Gasteiger partial charge in [-0.3, -0.25) is 0 Å². The highest BCUT2D eigenvalue weighted by molar-refractivity contribution is 7.92. The molecule has 1 aromatic heterocycles. The summed E-state index contributed by atoms with van der Waals surface area (Å²) in [7, 11) is -4.81. The second-order valence-electron chi connectivity index (χ2n) is 11.2. The first kappa shape index (κ1) is 31.3. The van der Waals surface area contributed by atoms with Crippen LogP contribution in [0.15, 0.2) is 95.0 Å². The summed E-state index contributed by atoms with van der Waals surface area (Å²) in [6.45, 7) is 20.6. The molecule has 6 nitrogen and oxygen atoms in total. The molecule has 214 valence electrons. The third kappa shape index (κ3) is 5.94. The van der Waals surface area contributed by atoms with Crippen molar-refractivity contribution in [2.24, 2.45) is 17.0 Å². The van der Waals surface area contributed by atoms with Gasteiger partial charge in [-0.1, -0.05) is 114 Å². The first-order chi connectivity index (χ1) is 18.9. The molecular weight excluding hydrogens is 535 g/mol. The van der Waals surface area contributed by atoms with Gasteiger partial charge in [0, 0.05) is 24.8 Å². The van der Waals surface area contributed by atoms with E-state index in [4.69, 9.17) is 8.77 Å². The maximum Gasteiger partial charge on any atom is 0.355 e. The monoisotopic (exact) mass is 577 g/mol. The van der Waals surface area contributed by atoms with Gasteiger partial charge in [-0.25, -0.2) is 17.8 Å². The Morgan fingerprint density at radius 2 is 1.60 bits per heavy atom. The van der Waals surface area contributed by atoms with E-state index < -0.39 is 24.1 Å². The van der Waals surface area contributed by atoms with E-state index in [9.17, 15) is 4.79 Å². The van der Waals surface area contributed by atoms with Gasteiger partial charge in [-0.05, 0) is 28.3 Å². The summed E-state index contributed by atoms with van der Waals surface area (Å²) < 4.78 is 31.7. The van der Waals surface area contributed by atoms with Crippen molar-refractivity contribution in [3.05, 3.63) is 97.4 Å². The average molecular weight is 578 g/mol. The maximum absolute atomic E-state index is 15.7. The second-order valence-corrected chi connectivity index (χ2v) is 17.8. The van der Waals surface area contributed by atoms with Gasteiger partial charge in [-0.2, -0.15) is 0 Å². The maximum atomic E-state index is 15.7. The summed E-state index contributed by atoms with van der Waals surface area (Å²) in [5.41, 5.74) is 0.741. The Balaban J connectivity index is 2.57.